The number of aliphatic hydroxyl groups excluding tert-OH is 1. The molecule has 0 bridgehead atoms. The third-order valence-electron chi connectivity index (χ3n) is 4.43. The van der Waals surface area contributed by atoms with Crippen molar-refractivity contribution in [1.82, 2.24) is 10.2 Å². The fourth-order valence-electron chi connectivity index (χ4n) is 2.82. The van der Waals surface area contributed by atoms with Crippen molar-refractivity contribution in [3.63, 3.8) is 0 Å². The zero-order chi connectivity index (χ0) is 13.7. The molecular formula is C15H30N2O2. The predicted octanol–water partition coefficient (Wildman–Crippen LogP) is 1.24. The zero-order valence-corrected chi connectivity index (χ0v) is 12.5. The zero-order valence-electron chi connectivity index (χ0n) is 12.5. The first-order chi connectivity index (χ1) is 9.11. The van der Waals surface area contributed by atoms with Gasteiger partial charge in [0.05, 0.1) is 6.61 Å². The monoisotopic (exact) mass is 270 g/mol. The molecule has 2 N–H and O–H groups in total. The molecule has 0 aromatic heterocycles. The first kappa shape index (κ1) is 15.2. The van der Waals surface area contributed by atoms with E-state index in [9.17, 15) is 5.11 Å². The molecule has 4 heteroatoms. The van der Waals surface area contributed by atoms with E-state index in [1.165, 1.54) is 25.7 Å². The fraction of sp³-hybridized carbons (Fsp3) is 1.00. The quantitative estimate of drug-likeness (QED) is 0.696. The number of rotatable bonds is 8. The standard InChI is InChI=1S/C15H30N2O2/c1-15(12-18,16-14-3-4-14)7-8-17(2)11-13-5-9-19-10-6-13/h13-14,16,18H,3-12H2,1-2H3. The molecule has 1 atom stereocenters. The Morgan fingerprint density at radius 3 is 2.53 bits per heavy atom. The van der Waals surface area contributed by atoms with E-state index in [1.807, 2.05) is 0 Å². The molecule has 0 radical (unpaired) electrons. The third-order valence-corrected chi connectivity index (χ3v) is 4.43. The van der Waals surface area contributed by atoms with E-state index in [2.05, 4.69) is 24.2 Å². The molecular weight excluding hydrogens is 240 g/mol. The molecule has 1 aliphatic heterocycles. The molecule has 112 valence electrons. The van der Waals surface area contributed by atoms with Crippen molar-refractivity contribution in [1.29, 1.82) is 0 Å². The summed E-state index contributed by atoms with van der Waals surface area (Å²) in [5.41, 5.74) is -0.106. The Labute approximate surface area is 117 Å². The topological polar surface area (TPSA) is 44.7 Å². The summed E-state index contributed by atoms with van der Waals surface area (Å²) >= 11 is 0. The van der Waals surface area contributed by atoms with Gasteiger partial charge in [-0.3, -0.25) is 0 Å². The van der Waals surface area contributed by atoms with E-state index in [1.54, 1.807) is 0 Å². The number of nitrogens with zero attached hydrogens (tertiary/aromatic N) is 1. The second-order valence-corrected chi connectivity index (χ2v) is 6.71. The molecule has 2 aliphatic rings. The Morgan fingerprint density at radius 1 is 1.26 bits per heavy atom. The second-order valence-electron chi connectivity index (χ2n) is 6.71. The number of nitrogens with one attached hydrogen (secondary N) is 1. The van der Waals surface area contributed by atoms with Gasteiger partial charge in [-0.2, -0.15) is 0 Å². The van der Waals surface area contributed by atoms with Gasteiger partial charge >= 0.3 is 0 Å². The van der Waals surface area contributed by atoms with Crippen LogP contribution in [-0.4, -0.2) is 61.5 Å². The Kier molecular flexibility index (Phi) is 5.63. The smallest absolute Gasteiger partial charge is 0.0611 e. The first-order valence-electron chi connectivity index (χ1n) is 7.76. The minimum absolute atomic E-state index is 0.106. The van der Waals surface area contributed by atoms with E-state index >= 15 is 0 Å². The van der Waals surface area contributed by atoms with Crippen LogP contribution in [0.3, 0.4) is 0 Å². The highest BCUT2D eigenvalue weighted by Crippen LogP contribution is 2.24. The minimum Gasteiger partial charge on any atom is -0.394 e. The van der Waals surface area contributed by atoms with Crippen molar-refractivity contribution >= 4 is 0 Å². The summed E-state index contributed by atoms with van der Waals surface area (Å²) in [5, 5.41) is 13.2. The molecule has 2 fully saturated rings. The minimum atomic E-state index is -0.106. The number of hydrogen-bond acceptors (Lipinski definition) is 4. The van der Waals surface area contributed by atoms with Gasteiger partial charge < -0.3 is 20.1 Å². The van der Waals surface area contributed by atoms with Gasteiger partial charge in [-0.1, -0.05) is 0 Å². The normalized spacial score (nSPS) is 24.6. The van der Waals surface area contributed by atoms with Gasteiger partial charge in [-0.05, 0) is 58.5 Å². The average molecular weight is 270 g/mol. The summed E-state index contributed by atoms with van der Waals surface area (Å²) in [6, 6.07) is 0.651. The van der Waals surface area contributed by atoms with Gasteiger partial charge in [0.25, 0.3) is 0 Å². The highest BCUT2D eigenvalue weighted by molar-refractivity contribution is 4.92. The van der Waals surface area contributed by atoms with E-state index in [0.717, 1.165) is 38.6 Å². The van der Waals surface area contributed by atoms with E-state index in [-0.39, 0.29) is 12.1 Å². The molecule has 2 rings (SSSR count). The summed E-state index contributed by atoms with van der Waals surface area (Å²) in [7, 11) is 2.20. The van der Waals surface area contributed by atoms with Crippen molar-refractivity contribution in [2.24, 2.45) is 5.92 Å². The molecule has 1 aliphatic carbocycles. The summed E-state index contributed by atoms with van der Waals surface area (Å²) in [6.07, 6.45) is 5.95. The second kappa shape index (κ2) is 7.02. The lowest BCUT2D eigenvalue weighted by Gasteiger charge is -2.33. The number of aliphatic hydroxyl groups is 1. The summed E-state index contributed by atoms with van der Waals surface area (Å²) in [6.45, 7) is 6.44. The molecule has 0 aromatic carbocycles. The van der Waals surface area contributed by atoms with Gasteiger partial charge in [0.15, 0.2) is 0 Å². The van der Waals surface area contributed by atoms with Gasteiger partial charge in [0, 0.05) is 31.3 Å². The van der Waals surface area contributed by atoms with Crippen molar-refractivity contribution in [3.8, 4) is 0 Å². The van der Waals surface area contributed by atoms with Gasteiger partial charge in [-0.25, -0.2) is 0 Å². The first-order valence-corrected chi connectivity index (χ1v) is 7.76. The van der Waals surface area contributed by atoms with Crippen LogP contribution in [-0.2, 0) is 4.74 Å². The van der Waals surface area contributed by atoms with Crippen LogP contribution >= 0.6 is 0 Å². The highest BCUT2D eigenvalue weighted by Gasteiger charge is 2.32. The maximum absolute atomic E-state index is 9.60. The van der Waals surface area contributed by atoms with Gasteiger partial charge in [0.2, 0.25) is 0 Å². The lowest BCUT2D eigenvalue weighted by Crippen LogP contribution is -2.49. The van der Waals surface area contributed by atoms with Crippen LogP contribution in [0.15, 0.2) is 0 Å². The van der Waals surface area contributed by atoms with Crippen LogP contribution in [0.4, 0.5) is 0 Å². The molecule has 1 heterocycles. The lowest BCUT2D eigenvalue weighted by molar-refractivity contribution is 0.0538. The van der Waals surface area contributed by atoms with Gasteiger partial charge in [-0.15, -0.1) is 0 Å². The Hall–Kier alpha value is -0.160. The fourth-order valence-corrected chi connectivity index (χ4v) is 2.82. The average Bonchev–Trinajstić information content (AvgIpc) is 3.21. The van der Waals surface area contributed by atoms with E-state index in [0.29, 0.717) is 6.04 Å². The van der Waals surface area contributed by atoms with E-state index < -0.39 is 0 Å². The van der Waals surface area contributed by atoms with Gasteiger partial charge in [0.1, 0.15) is 0 Å². The SMILES string of the molecule is CN(CCC(C)(CO)NC1CC1)CC1CCOCC1. The molecule has 0 aromatic rings. The molecule has 4 nitrogen and oxygen atoms in total. The maximum Gasteiger partial charge on any atom is 0.0611 e. The van der Waals surface area contributed by atoms with E-state index in [4.69, 9.17) is 4.74 Å². The van der Waals surface area contributed by atoms with Crippen LogP contribution in [0.2, 0.25) is 0 Å². The van der Waals surface area contributed by atoms with Crippen LogP contribution in [0, 0.1) is 5.92 Å². The Balaban J connectivity index is 1.66. The van der Waals surface area contributed by atoms with Crippen molar-refractivity contribution in [3.05, 3.63) is 0 Å². The summed E-state index contributed by atoms with van der Waals surface area (Å²) in [4.78, 5) is 2.42. The van der Waals surface area contributed by atoms with Crippen molar-refractivity contribution in [2.45, 2.75) is 50.6 Å². The largest absolute Gasteiger partial charge is 0.394 e. The Bertz CT molecular complexity index is 265. The molecule has 0 spiro atoms. The van der Waals surface area contributed by atoms with Crippen LogP contribution in [0.5, 0.6) is 0 Å². The van der Waals surface area contributed by atoms with Crippen molar-refractivity contribution in [2.75, 3.05) is 40.0 Å². The lowest BCUT2D eigenvalue weighted by atomic mass is 9.97. The Morgan fingerprint density at radius 2 is 1.95 bits per heavy atom. The predicted molar refractivity (Wildman–Crippen MR) is 77.3 cm³/mol. The molecule has 19 heavy (non-hydrogen) atoms. The maximum atomic E-state index is 9.60. The molecule has 1 unspecified atom stereocenters. The van der Waals surface area contributed by atoms with Crippen LogP contribution < -0.4 is 5.32 Å². The van der Waals surface area contributed by atoms with Crippen LogP contribution in [0.25, 0.3) is 0 Å². The number of hydrogen-bond donors (Lipinski definition) is 2. The van der Waals surface area contributed by atoms with Crippen LogP contribution in [0.1, 0.15) is 39.0 Å². The summed E-state index contributed by atoms with van der Waals surface area (Å²) in [5.74, 6) is 0.788. The summed E-state index contributed by atoms with van der Waals surface area (Å²) < 4.78 is 5.40. The molecule has 1 saturated heterocycles. The molecule has 1 saturated carbocycles. The third kappa shape index (κ3) is 5.38. The van der Waals surface area contributed by atoms with Crippen molar-refractivity contribution < 1.29 is 9.84 Å². The highest BCUT2D eigenvalue weighted by atomic mass is 16.5. The number of ether oxygens (including phenoxy) is 1. The molecule has 0 amide bonds.